The van der Waals surface area contributed by atoms with Gasteiger partial charge in [0.1, 0.15) is 11.4 Å². The van der Waals surface area contributed by atoms with Gasteiger partial charge in [0.05, 0.1) is 16.3 Å². The van der Waals surface area contributed by atoms with Crippen LogP contribution in [0.25, 0.3) is 11.1 Å². The van der Waals surface area contributed by atoms with Gasteiger partial charge in [-0.05, 0) is 25.0 Å². The Balaban J connectivity index is 2.13. The maximum atomic E-state index is 14.9. The highest BCUT2D eigenvalue weighted by Crippen LogP contribution is 2.44. The highest BCUT2D eigenvalue weighted by Gasteiger charge is 2.42. The Kier molecular flexibility index (Phi) is 5.03. The molecule has 0 bridgehead atoms. The number of aliphatic imine (C=N–C) groups is 1. The minimum atomic E-state index is -1.23. The molecule has 7 heteroatoms. The molecule has 3 rings (SSSR count). The first-order valence-electron chi connectivity index (χ1n) is 8.49. The summed E-state index contributed by atoms with van der Waals surface area (Å²) in [5.41, 5.74) is -0.119. The second-order valence-electron chi connectivity index (χ2n) is 6.17. The summed E-state index contributed by atoms with van der Waals surface area (Å²) in [6, 6.07) is 2.75. The molecule has 2 unspecified atom stereocenters. The van der Waals surface area contributed by atoms with Gasteiger partial charge in [-0.25, -0.2) is 9.18 Å². The Bertz CT molecular complexity index is 928. The number of hydrogen-bond acceptors (Lipinski definition) is 4. The molecule has 2 atom stereocenters. The Labute approximate surface area is 147 Å². The molecule has 134 valence electrons. The highest BCUT2D eigenvalue weighted by molar-refractivity contribution is 7.89. The maximum absolute atomic E-state index is 14.9. The van der Waals surface area contributed by atoms with Gasteiger partial charge in [0.25, 0.3) is 0 Å². The summed E-state index contributed by atoms with van der Waals surface area (Å²) in [7, 11) is -1.23. The Hall–Kier alpha value is -2.02. The summed E-state index contributed by atoms with van der Waals surface area (Å²) in [6.07, 6.45) is 6.39. The third-order valence-corrected chi connectivity index (χ3v) is 6.05. The molecule has 2 heterocycles. The van der Waals surface area contributed by atoms with Crippen LogP contribution in [0.2, 0.25) is 0 Å². The number of hydrogen-bond donors (Lipinski definition) is 1. The lowest BCUT2D eigenvalue weighted by atomic mass is 9.86. The van der Waals surface area contributed by atoms with Gasteiger partial charge in [0, 0.05) is 28.5 Å². The molecule has 1 aromatic heterocycles. The molecule has 1 N–H and O–H groups in total. The number of benzene rings is 1. The number of nitrogens with zero attached hydrogens (tertiary/aromatic N) is 1. The number of rotatable bonds is 7. The zero-order valence-electron chi connectivity index (χ0n) is 14.3. The fourth-order valence-electron chi connectivity index (χ4n) is 3.26. The summed E-state index contributed by atoms with van der Waals surface area (Å²) in [4.78, 5) is 19.0. The normalized spacial score (nSPS) is 21.0. The number of aromatic amines is 1. The summed E-state index contributed by atoms with van der Waals surface area (Å²) < 4.78 is 32.8. The molecule has 2 aromatic rings. The molecule has 0 aliphatic carbocycles. The van der Waals surface area contributed by atoms with Crippen LogP contribution in [-0.2, 0) is 16.3 Å². The van der Waals surface area contributed by atoms with E-state index < -0.39 is 27.9 Å². The predicted molar refractivity (Wildman–Crippen MR) is 97.9 cm³/mol. The SMILES string of the molecule is CCCCS(=O)C1=CC=NC1(CCC)c1cc2oc(=O)[nH]c2cc1F. The van der Waals surface area contributed by atoms with Gasteiger partial charge in [0.15, 0.2) is 5.58 Å². The zero-order valence-corrected chi connectivity index (χ0v) is 15.1. The monoisotopic (exact) mass is 364 g/mol. The number of oxazole rings is 1. The van der Waals surface area contributed by atoms with Crippen molar-refractivity contribution < 1.29 is 13.0 Å². The first-order chi connectivity index (χ1) is 12.0. The molecule has 0 saturated heterocycles. The number of halogens is 1. The topological polar surface area (TPSA) is 75.4 Å². The number of fused-ring (bicyclic) bond motifs is 1. The van der Waals surface area contributed by atoms with Crippen molar-refractivity contribution in [2.45, 2.75) is 45.1 Å². The van der Waals surface area contributed by atoms with Gasteiger partial charge < -0.3 is 4.42 Å². The number of H-pyrrole nitrogens is 1. The van der Waals surface area contributed by atoms with Crippen molar-refractivity contribution >= 4 is 28.1 Å². The van der Waals surface area contributed by atoms with E-state index in [1.165, 1.54) is 12.1 Å². The number of unbranched alkanes of at least 4 members (excludes halogenated alkanes) is 1. The summed E-state index contributed by atoms with van der Waals surface area (Å²) in [5, 5.41) is 0. The number of nitrogens with one attached hydrogen (secondary N) is 1. The third-order valence-electron chi connectivity index (χ3n) is 4.42. The van der Waals surface area contributed by atoms with Crippen LogP contribution in [0.1, 0.15) is 45.1 Å². The Morgan fingerprint density at radius 2 is 2.12 bits per heavy atom. The average molecular weight is 364 g/mol. The van der Waals surface area contributed by atoms with E-state index in [-0.39, 0.29) is 5.58 Å². The van der Waals surface area contributed by atoms with E-state index in [9.17, 15) is 13.4 Å². The first-order valence-corrected chi connectivity index (χ1v) is 9.81. The molecule has 5 nitrogen and oxygen atoms in total. The van der Waals surface area contributed by atoms with Crippen LogP contribution in [0.5, 0.6) is 0 Å². The Morgan fingerprint density at radius 3 is 2.84 bits per heavy atom. The van der Waals surface area contributed by atoms with Gasteiger partial charge in [-0.15, -0.1) is 0 Å². The van der Waals surface area contributed by atoms with E-state index in [4.69, 9.17) is 4.42 Å². The molecule has 0 saturated carbocycles. The molecule has 0 amide bonds. The maximum Gasteiger partial charge on any atom is 0.417 e. The Morgan fingerprint density at radius 1 is 1.32 bits per heavy atom. The molecule has 0 fully saturated rings. The summed E-state index contributed by atoms with van der Waals surface area (Å²) >= 11 is 0. The molecule has 0 radical (unpaired) electrons. The molecule has 1 aliphatic heterocycles. The zero-order chi connectivity index (χ0) is 18.0. The number of allylic oxidation sites excluding steroid dienone is 1. The lowest BCUT2D eigenvalue weighted by Crippen LogP contribution is -2.28. The van der Waals surface area contributed by atoms with Crippen LogP contribution in [0.3, 0.4) is 0 Å². The van der Waals surface area contributed by atoms with E-state index in [0.717, 1.165) is 19.3 Å². The second kappa shape index (κ2) is 7.07. The van der Waals surface area contributed by atoms with Crippen LogP contribution in [0, 0.1) is 5.82 Å². The molecular formula is C18H21FN2O3S. The van der Waals surface area contributed by atoms with Crippen molar-refractivity contribution in [2.24, 2.45) is 4.99 Å². The van der Waals surface area contributed by atoms with E-state index >= 15 is 0 Å². The van der Waals surface area contributed by atoms with Crippen LogP contribution in [-0.4, -0.2) is 21.2 Å². The van der Waals surface area contributed by atoms with Crippen LogP contribution in [0.15, 0.2) is 37.3 Å². The van der Waals surface area contributed by atoms with Crippen molar-refractivity contribution in [1.82, 2.24) is 4.98 Å². The van der Waals surface area contributed by atoms with Crippen molar-refractivity contribution in [3.63, 3.8) is 0 Å². The van der Waals surface area contributed by atoms with E-state index in [1.54, 1.807) is 12.3 Å². The minimum Gasteiger partial charge on any atom is -0.408 e. The van der Waals surface area contributed by atoms with Gasteiger partial charge >= 0.3 is 5.76 Å². The van der Waals surface area contributed by atoms with Crippen molar-refractivity contribution in [2.75, 3.05) is 5.75 Å². The first kappa shape index (κ1) is 17.8. The molecule has 0 spiro atoms. The standard InChI is InChI=1S/C18H21FN2O3S/c1-3-5-9-25(23)16-6-8-20-18(16,7-4-2)12-10-15-14(11-13(12)19)21-17(22)24-15/h6,8,10-11H,3-5,7,9H2,1-2H3,(H,21,22). The smallest absolute Gasteiger partial charge is 0.408 e. The van der Waals surface area contributed by atoms with Gasteiger partial charge in [0.2, 0.25) is 0 Å². The van der Waals surface area contributed by atoms with E-state index in [2.05, 4.69) is 9.98 Å². The van der Waals surface area contributed by atoms with Crippen molar-refractivity contribution in [3.8, 4) is 0 Å². The van der Waals surface area contributed by atoms with E-state index in [1.807, 2.05) is 13.8 Å². The number of aromatic nitrogens is 1. The van der Waals surface area contributed by atoms with Gasteiger partial charge in [-0.3, -0.25) is 14.2 Å². The van der Waals surface area contributed by atoms with Crippen molar-refractivity contribution in [3.05, 3.63) is 45.0 Å². The van der Waals surface area contributed by atoms with E-state index in [0.29, 0.717) is 28.2 Å². The molecule has 25 heavy (non-hydrogen) atoms. The fraction of sp³-hybridized carbons (Fsp3) is 0.444. The van der Waals surface area contributed by atoms with Crippen LogP contribution >= 0.6 is 0 Å². The molecular weight excluding hydrogens is 343 g/mol. The quantitative estimate of drug-likeness (QED) is 0.812. The van der Waals surface area contributed by atoms with Crippen LogP contribution < -0.4 is 5.76 Å². The highest BCUT2D eigenvalue weighted by atomic mass is 32.2. The second-order valence-corrected chi connectivity index (χ2v) is 7.70. The molecule has 1 aromatic carbocycles. The lowest BCUT2D eigenvalue weighted by Gasteiger charge is -2.30. The fourth-order valence-corrected chi connectivity index (χ4v) is 4.88. The van der Waals surface area contributed by atoms with Gasteiger partial charge in [-0.1, -0.05) is 26.7 Å². The van der Waals surface area contributed by atoms with Crippen molar-refractivity contribution in [1.29, 1.82) is 0 Å². The average Bonchev–Trinajstić information content (AvgIpc) is 3.15. The predicted octanol–water partition coefficient (Wildman–Crippen LogP) is 3.77. The summed E-state index contributed by atoms with van der Waals surface area (Å²) in [5.74, 6) is -0.593. The summed E-state index contributed by atoms with van der Waals surface area (Å²) in [6.45, 7) is 4.02. The third kappa shape index (κ3) is 3.13. The minimum absolute atomic E-state index is 0.276. The largest absolute Gasteiger partial charge is 0.417 e. The lowest BCUT2D eigenvalue weighted by molar-refractivity contribution is 0.470. The van der Waals surface area contributed by atoms with Crippen LogP contribution in [0.4, 0.5) is 4.39 Å². The molecule has 1 aliphatic rings. The van der Waals surface area contributed by atoms with Gasteiger partial charge in [-0.2, -0.15) is 0 Å².